The van der Waals surface area contributed by atoms with E-state index < -0.39 is 10.4 Å². The smallest absolute Gasteiger partial charge is 0.384 e. The second-order valence-electron chi connectivity index (χ2n) is 14.6. The van der Waals surface area contributed by atoms with Gasteiger partial charge in [-0.25, -0.2) is 0 Å². The van der Waals surface area contributed by atoms with Crippen molar-refractivity contribution in [3.05, 3.63) is 203 Å². The number of allylic oxidation sites excluding steroid dienone is 12. The first kappa shape index (κ1) is 49.5. The van der Waals surface area contributed by atoms with Crippen molar-refractivity contribution in [1.82, 2.24) is 10.6 Å². The van der Waals surface area contributed by atoms with Gasteiger partial charge in [0.25, 0.3) is 0 Å². The fourth-order valence-electron chi connectivity index (χ4n) is 7.35. The van der Waals surface area contributed by atoms with Gasteiger partial charge in [0.15, 0.2) is 0 Å². The number of benzene rings is 4. The van der Waals surface area contributed by atoms with Gasteiger partial charge >= 0.3 is 10.4 Å². The fourth-order valence-corrected chi connectivity index (χ4v) is 7.35. The lowest BCUT2D eigenvalue weighted by Gasteiger charge is -2.22. The van der Waals surface area contributed by atoms with Crippen molar-refractivity contribution in [2.24, 2.45) is 0 Å². The second-order valence-corrected chi connectivity index (χ2v) is 15.5. The third kappa shape index (κ3) is 16.3. The van der Waals surface area contributed by atoms with Gasteiger partial charge in [-0.2, -0.15) is 8.42 Å². The van der Waals surface area contributed by atoms with Crippen LogP contribution >= 0.6 is 0 Å². The lowest BCUT2D eigenvalue weighted by atomic mass is 9.94. The van der Waals surface area contributed by atoms with Crippen LogP contribution in [-0.4, -0.2) is 56.8 Å². The van der Waals surface area contributed by atoms with Crippen LogP contribution in [0.5, 0.6) is 0 Å². The molecule has 8 nitrogen and oxygen atoms in total. The summed E-state index contributed by atoms with van der Waals surface area (Å²) < 4.78 is 31.6. The molecular weight excluding hydrogens is 801 g/mol. The summed E-state index contributed by atoms with van der Waals surface area (Å²) in [5.74, 6) is 0. The van der Waals surface area contributed by atoms with E-state index in [0.29, 0.717) is 0 Å². The Balaban J connectivity index is 0.000000250. The van der Waals surface area contributed by atoms with Gasteiger partial charge in [0, 0.05) is 73.2 Å². The molecule has 4 N–H and O–H groups in total. The first-order valence-electron chi connectivity index (χ1n) is 22.1. The molecule has 2 aliphatic carbocycles. The number of rotatable bonds is 16. The minimum absolute atomic E-state index is 0.879. The van der Waals surface area contributed by atoms with Crippen LogP contribution in [0, 0.1) is 0 Å². The van der Waals surface area contributed by atoms with E-state index >= 15 is 0 Å². The Morgan fingerprint density at radius 2 is 0.810 bits per heavy atom. The highest BCUT2D eigenvalue weighted by atomic mass is 32.3. The van der Waals surface area contributed by atoms with E-state index in [4.69, 9.17) is 17.5 Å². The zero-order valence-electron chi connectivity index (χ0n) is 37.8. The minimum Gasteiger partial charge on any atom is -0.384 e. The van der Waals surface area contributed by atoms with Gasteiger partial charge in [-0.1, -0.05) is 134 Å². The lowest BCUT2D eigenvalue weighted by Crippen LogP contribution is -2.21. The van der Waals surface area contributed by atoms with E-state index in [1.54, 1.807) is 0 Å². The molecule has 0 bridgehead atoms. The van der Waals surface area contributed by atoms with Gasteiger partial charge in [0.1, 0.15) is 0 Å². The van der Waals surface area contributed by atoms with Crippen LogP contribution in [0.25, 0.3) is 23.3 Å². The summed E-state index contributed by atoms with van der Waals surface area (Å²) in [4.78, 5) is 4.75. The molecule has 4 aromatic carbocycles. The first-order chi connectivity index (χ1) is 30.5. The Morgan fingerprint density at radius 1 is 0.508 bits per heavy atom. The number of nitrogens with zero attached hydrogens (tertiary/aromatic N) is 2. The van der Waals surface area contributed by atoms with Crippen molar-refractivity contribution in [2.45, 2.75) is 54.4 Å². The van der Waals surface area contributed by atoms with E-state index in [1.165, 1.54) is 67.3 Å². The number of hydrogen-bond acceptors (Lipinski definition) is 6. The maximum absolute atomic E-state index is 8.74. The molecule has 0 aromatic heterocycles. The van der Waals surface area contributed by atoms with Gasteiger partial charge in [-0.3, -0.25) is 9.11 Å². The van der Waals surface area contributed by atoms with Crippen LogP contribution in [0.4, 0.5) is 11.4 Å². The molecule has 2 aliphatic rings. The van der Waals surface area contributed by atoms with Gasteiger partial charge in [-0.05, 0) is 124 Å². The molecule has 0 saturated heterocycles. The monoisotopic (exact) mass is 866 g/mol. The van der Waals surface area contributed by atoms with Crippen molar-refractivity contribution in [3.8, 4) is 0 Å². The standard InChI is InChI=1S/2C27H32N2.H2O4S/c2*1-4-28-27(24-15-11-8-12-16-24)26(21-22-13-9-7-10-14-22)23-17-19-25(20-18-23)29(5-2)6-3;1-5(2,3)4/h2*7,9-21,28H,4-6,8H2,1-3H3;(H2,1,2,3,4). The molecule has 9 heteroatoms. The van der Waals surface area contributed by atoms with Crippen LogP contribution in [0.3, 0.4) is 0 Å². The number of hydrogen-bond donors (Lipinski definition) is 4. The summed E-state index contributed by atoms with van der Waals surface area (Å²) in [6.45, 7) is 18.9. The highest BCUT2D eigenvalue weighted by molar-refractivity contribution is 7.79. The van der Waals surface area contributed by atoms with Crippen molar-refractivity contribution in [3.63, 3.8) is 0 Å². The van der Waals surface area contributed by atoms with Gasteiger partial charge in [0.05, 0.1) is 0 Å². The topological polar surface area (TPSA) is 105 Å². The van der Waals surface area contributed by atoms with Crippen molar-refractivity contribution in [2.75, 3.05) is 49.1 Å². The van der Waals surface area contributed by atoms with E-state index in [2.05, 4.69) is 232 Å². The van der Waals surface area contributed by atoms with Crippen molar-refractivity contribution < 1.29 is 17.5 Å². The molecule has 0 saturated carbocycles. The van der Waals surface area contributed by atoms with Gasteiger partial charge < -0.3 is 20.4 Å². The Kier molecular flexibility index (Phi) is 20.7. The van der Waals surface area contributed by atoms with Gasteiger partial charge in [-0.15, -0.1) is 0 Å². The van der Waals surface area contributed by atoms with Crippen LogP contribution in [0.15, 0.2) is 180 Å². The normalized spacial score (nSPS) is 13.3. The van der Waals surface area contributed by atoms with E-state index in [1.807, 2.05) is 0 Å². The summed E-state index contributed by atoms with van der Waals surface area (Å²) in [5, 5.41) is 7.26. The fraction of sp³-hybridized carbons (Fsp3) is 0.259. The molecule has 6 rings (SSSR count). The highest BCUT2D eigenvalue weighted by Crippen LogP contribution is 2.32. The zero-order valence-corrected chi connectivity index (χ0v) is 38.7. The molecule has 0 unspecified atom stereocenters. The van der Waals surface area contributed by atoms with E-state index in [9.17, 15) is 0 Å². The Bertz CT molecular complexity index is 2180. The molecule has 0 heterocycles. The summed E-state index contributed by atoms with van der Waals surface area (Å²) in [6.07, 6.45) is 24.3. The van der Waals surface area contributed by atoms with E-state index in [-0.39, 0.29) is 0 Å². The molecule has 0 amide bonds. The average molecular weight is 867 g/mol. The third-order valence-electron chi connectivity index (χ3n) is 10.4. The van der Waals surface area contributed by atoms with E-state index in [0.717, 1.165) is 52.1 Å². The Labute approximate surface area is 377 Å². The number of anilines is 2. The molecule has 0 atom stereocenters. The predicted molar refractivity (Wildman–Crippen MR) is 270 cm³/mol. The van der Waals surface area contributed by atoms with Crippen LogP contribution in [0.1, 0.15) is 76.6 Å². The lowest BCUT2D eigenvalue weighted by molar-refractivity contribution is 0.381. The summed E-state index contributed by atoms with van der Waals surface area (Å²) >= 11 is 0. The minimum atomic E-state index is -4.67. The molecule has 0 radical (unpaired) electrons. The van der Waals surface area contributed by atoms with Gasteiger partial charge in [0.2, 0.25) is 0 Å². The largest absolute Gasteiger partial charge is 0.394 e. The Morgan fingerprint density at radius 3 is 1.08 bits per heavy atom. The van der Waals surface area contributed by atoms with Crippen LogP contribution < -0.4 is 20.4 Å². The quantitative estimate of drug-likeness (QED) is 0.0652. The summed E-state index contributed by atoms with van der Waals surface area (Å²) in [7, 11) is -4.67. The molecule has 4 aromatic rings. The maximum Gasteiger partial charge on any atom is 0.394 e. The molecule has 63 heavy (non-hydrogen) atoms. The highest BCUT2D eigenvalue weighted by Gasteiger charge is 2.15. The molecular formula is C54H66N4O4S. The number of nitrogens with one attached hydrogen (secondary N) is 2. The summed E-state index contributed by atoms with van der Waals surface area (Å²) in [6, 6.07) is 39.1. The van der Waals surface area contributed by atoms with Crippen LogP contribution in [-0.2, 0) is 10.4 Å². The van der Waals surface area contributed by atoms with Crippen molar-refractivity contribution in [1.29, 1.82) is 0 Å². The molecule has 0 spiro atoms. The molecule has 332 valence electrons. The predicted octanol–water partition coefficient (Wildman–Crippen LogP) is 12.3. The van der Waals surface area contributed by atoms with Crippen LogP contribution in [0.2, 0.25) is 0 Å². The second kappa shape index (κ2) is 26.4. The first-order valence-corrected chi connectivity index (χ1v) is 23.5. The summed E-state index contributed by atoms with van der Waals surface area (Å²) in [5.41, 5.74) is 14.7. The van der Waals surface area contributed by atoms with Crippen molar-refractivity contribution >= 4 is 45.1 Å². The average Bonchev–Trinajstić information content (AvgIpc) is 3.31. The molecule has 0 aliphatic heterocycles. The number of likely N-dealkylation sites (N-methyl/N-ethyl adjacent to an activating group) is 2. The zero-order chi connectivity index (χ0) is 45.5. The third-order valence-corrected chi connectivity index (χ3v) is 10.4. The molecule has 0 fully saturated rings. The maximum atomic E-state index is 8.74. The SMILES string of the molecule is CCNC(C(=Cc1ccccc1)c1ccc(N(CC)CC)cc1)=C1C=CCC=C1.CCNC(C(=Cc1ccccc1)c1ccc(N(CC)CC)cc1)=C1C=CCC=C1.O=S(=O)(O)O. The Hall–Kier alpha value is -6.13.